The molecule has 0 saturated carbocycles. The molecule has 7 nitrogen and oxygen atoms in total. The molecule has 4 heterocycles. The Morgan fingerprint density at radius 2 is 1.46 bits per heavy atom. The molecule has 9 heteroatoms. The van der Waals surface area contributed by atoms with E-state index in [9.17, 15) is 8.42 Å². The van der Waals surface area contributed by atoms with Crippen LogP contribution in [0.2, 0.25) is 0 Å². The zero-order valence-electron chi connectivity index (χ0n) is 16.4. The number of aromatic nitrogens is 2. The van der Waals surface area contributed by atoms with E-state index in [1.54, 1.807) is 10.4 Å². The van der Waals surface area contributed by atoms with Gasteiger partial charge in [0.25, 0.3) is 10.0 Å². The fraction of sp³-hybridized carbons (Fsp3) is 0.579. The monoisotopic (exact) mass is 421 g/mol. The Morgan fingerprint density at radius 3 is 1.96 bits per heavy atom. The summed E-state index contributed by atoms with van der Waals surface area (Å²) in [5, 5.41) is 8.84. The number of thiophene rings is 1. The van der Waals surface area contributed by atoms with E-state index < -0.39 is 10.0 Å². The van der Waals surface area contributed by atoms with E-state index in [-0.39, 0.29) is 0 Å². The highest BCUT2D eigenvalue weighted by Crippen LogP contribution is 2.26. The number of aryl methyl sites for hydroxylation is 1. The number of nitrogens with zero attached hydrogens (tertiary/aromatic N) is 5. The molecule has 0 aliphatic carbocycles. The van der Waals surface area contributed by atoms with Crippen LogP contribution in [0.3, 0.4) is 0 Å². The highest BCUT2D eigenvalue weighted by Gasteiger charge is 2.30. The normalized spacial score (nSPS) is 19.9. The molecule has 2 saturated heterocycles. The molecule has 152 valence electrons. The van der Waals surface area contributed by atoms with Crippen molar-refractivity contribution in [3.63, 3.8) is 0 Å². The zero-order chi connectivity index (χ0) is 19.7. The van der Waals surface area contributed by atoms with E-state index in [0.717, 1.165) is 35.5 Å². The highest BCUT2D eigenvalue weighted by atomic mass is 32.2. The summed E-state index contributed by atoms with van der Waals surface area (Å²) in [4.78, 5) is 5.42. The Bertz CT molecular complexity index is 897. The minimum atomic E-state index is -3.39. The maximum absolute atomic E-state index is 12.8. The predicted octanol–water partition coefficient (Wildman–Crippen LogP) is 2.59. The van der Waals surface area contributed by atoms with Crippen LogP contribution in [0.15, 0.2) is 28.5 Å². The van der Waals surface area contributed by atoms with Gasteiger partial charge in [0.15, 0.2) is 11.6 Å². The van der Waals surface area contributed by atoms with E-state index in [2.05, 4.69) is 26.9 Å². The van der Waals surface area contributed by atoms with Crippen molar-refractivity contribution in [2.75, 3.05) is 49.1 Å². The summed E-state index contributed by atoms with van der Waals surface area (Å²) in [6.07, 6.45) is 2.40. The molecule has 2 aliphatic rings. The van der Waals surface area contributed by atoms with E-state index in [4.69, 9.17) is 0 Å². The summed E-state index contributed by atoms with van der Waals surface area (Å²) < 4.78 is 27.5. The summed E-state index contributed by atoms with van der Waals surface area (Å²) in [6, 6.07) is 7.60. The second-order valence-corrected chi connectivity index (χ2v) is 11.1. The van der Waals surface area contributed by atoms with Crippen LogP contribution in [-0.4, -0.2) is 62.2 Å². The van der Waals surface area contributed by atoms with E-state index in [1.807, 2.05) is 25.1 Å². The van der Waals surface area contributed by atoms with Crippen molar-refractivity contribution >= 4 is 33.0 Å². The number of hydrogen-bond acceptors (Lipinski definition) is 7. The first kappa shape index (κ1) is 19.6. The molecule has 0 radical (unpaired) electrons. The third-order valence-corrected chi connectivity index (χ3v) is 8.98. The van der Waals surface area contributed by atoms with Crippen molar-refractivity contribution < 1.29 is 8.42 Å². The molecule has 0 bridgehead atoms. The predicted molar refractivity (Wildman–Crippen MR) is 113 cm³/mol. The van der Waals surface area contributed by atoms with Gasteiger partial charge in [0.05, 0.1) is 0 Å². The fourth-order valence-corrected chi connectivity index (χ4v) is 6.59. The van der Waals surface area contributed by atoms with Gasteiger partial charge in [0.1, 0.15) is 4.21 Å². The van der Waals surface area contributed by atoms with Gasteiger partial charge < -0.3 is 9.80 Å². The first-order valence-corrected chi connectivity index (χ1v) is 12.1. The molecular formula is C19H27N5O2S2. The molecule has 4 rings (SSSR count). The fourth-order valence-electron chi connectivity index (χ4n) is 3.73. The van der Waals surface area contributed by atoms with Crippen molar-refractivity contribution in [1.82, 2.24) is 14.5 Å². The van der Waals surface area contributed by atoms with Crippen molar-refractivity contribution in [2.45, 2.75) is 30.9 Å². The maximum atomic E-state index is 12.8. The van der Waals surface area contributed by atoms with Crippen LogP contribution >= 0.6 is 11.3 Å². The average Bonchev–Trinajstić information content (AvgIpc) is 3.16. The smallest absolute Gasteiger partial charge is 0.252 e. The van der Waals surface area contributed by atoms with Crippen molar-refractivity contribution in [3.8, 4) is 0 Å². The molecule has 2 aliphatic heterocycles. The van der Waals surface area contributed by atoms with Gasteiger partial charge in [-0.05, 0) is 49.9 Å². The van der Waals surface area contributed by atoms with Crippen molar-refractivity contribution in [1.29, 1.82) is 0 Å². The second-order valence-electron chi connectivity index (χ2n) is 7.68. The number of rotatable bonds is 4. The number of sulfonamides is 1. The Balaban J connectivity index is 1.37. The summed E-state index contributed by atoms with van der Waals surface area (Å²) in [6.45, 7) is 8.47. The van der Waals surface area contributed by atoms with Gasteiger partial charge in [-0.1, -0.05) is 6.92 Å². The maximum Gasteiger partial charge on any atom is 0.252 e. The van der Waals surface area contributed by atoms with Crippen LogP contribution in [0.25, 0.3) is 0 Å². The minimum absolute atomic E-state index is 0.429. The van der Waals surface area contributed by atoms with Crippen molar-refractivity contribution in [3.05, 3.63) is 29.1 Å². The summed E-state index contributed by atoms with van der Waals surface area (Å²) in [5.74, 6) is 2.54. The minimum Gasteiger partial charge on any atom is -0.355 e. The molecule has 0 spiro atoms. The molecule has 28 heavy (non-hydrogen) atoms. The van der Waals surface area contributed by atoms with Crippen LogP contribution in [0.5, 0.6) is 0 Å². The molecule has 2 fully saturated rings. The van der Waals surface area contributed by atoms with Gasteiger partial charge in [-0.25, -0.2) is 8.42 Å². The lowest BCUT2D eigenvalue weighted by molar-refractivity contribution is 0.384. The molecule has 0 unspecified atom stereocenters. The molecule has 0 N–H and O–H groups in total. The highest BCUT2D eigenvalue weighted by molar-refractivity contribution is 7.91. The lowest BCUT2D eigenvalue weighted by Gasteiger charge is -2.34. The number of anilines is 2. The van der Waals surface area contributed by atoms with Crippen LogP contribution in [0, 0.1) is 12.8 Å². The first-order chi connectivity index (χ1) is 13.4. The molecular weight excluding hydrogens is 394 g/mol. The average molecular weight is 422 g/mol. The Kier molecular flexibility index (Phi) is 5.57. The van der Waals surface area contributed by atoms with E-state index in [0.29, 0.717) is 30.4 Å². The molecule has 0 amide bonds. The van der Waals surface area contributed by atoms with Crippen LogP contribution < -0.4 is 9.80 Å². The number of hydrogen-bond donors (Lipinski definition) is 0. The van der Waals surface area contributed by atoms with Crippen LogP contribution in [-0.2, 0) is 10.0 Å². The first-order valence-electron chi connectivity index (χ1n) is 9.84. The standard InChI is InChI=1S/C19H27N5O2S2/c1-15-7-9-22(10-8-15)17-4-5-18(21-20-17)23-11-13-24(14-12-23)28(25,26)19-6-3-16(2)27-19/h3-6,15H,7-14H2,1-2H3. The summed E-state index contributed by atoms with van der Waals surface area (Å²) >= 11 is 1.33. The van der Waals surface area contributed by atoms with E-state index >= 15 is 0 Å². The van der Waals surface area contributed by atoms with Gasteiger partial charge >= 0.3 is 0 Å². The second kappa shape index (κ2) is 7.96. The van der Waals surface area contributed by atoms with Gasteiger partial charge in [-0.3, -0.25) is 0 Å². The summed E-state index contributed by atoms with van der Waals surface area (Å²) in [5.41, 5.74) is 0. The van der Waals surface area contributed by atoms with Gasteiger partial charge in [-0.2, -0.15) is 4.31 Å². The van der Waals surface area contributed by atoms with Gasteiger partial charge in [0.2, 0.25) is 0 Å². The quantitative estimate of drug-likeness (QED) is 0.756. The number of piperazine rings is 1. The lowest BCUT2D eigenvalue weighted by Crippen LogP contribution is -2.48. The SMILES string of the molecule is Cc1ccc(S(=O)(=O)N2CCN(c3ccc(N4CCC(C)CC4)nn3)CC2)s1. The van der Waals surface area contributed by atoms with E-state index in [1.165, 1.54) is 24.2 Å². The lowest BCUT2D eigenvalue weighted by atomic mass is 9.99. The zero-order valence-corrected chi connectivity index (χ0v) is 18.0. The Morgan fingerprint density at radius 1 is 0.893 bits per heavy atom. The van der Waals surface area contributed by atoms with Gasteiger partial charge in [-0.15, -0.1) is 21.5 Å². The van der Waals surface area contributed by atoms with Crippen molar-refractivity contribution in [2.24, 2.45) is 5.92 Å². The Labute approximate surface area is 171 Å². The molecule has 0 atom stereocenters. The molecule has 2 aromatic heterocycles. The third kappa shape index (κ3) is 4.01. The van der Waals surface area contributed by atoms with Crippen LogP contribution in [0.1, 0.15) is 24.6 Å². The molecule has 2 aromatic rings. The van der Waals surface area contributed by atoms with Crippen LogP contribution in [0.4, 0.5) is 11.6 Å². The van der Waals surface area contributed by atoms with Gasteiger partial charge in [0, 0.05) is 44.1 Å². The topological polar surface area (TPSA) is 69.6 Å². The summed E-state index contributed by atoms with van der Waals surface area (Å²) in [7, 11) is -3.39. The largest absolute Gasteiger partial charge is 0.355 e. The Hall–Kier alpha value is -1.71. The number of piperidine rings is 1. The third-order valence-electron chi connectivity index (χ3n) is 5.62. The molecule has 0 aromatic carbocycles.